The third kappa shape index (κ3) is 2.83. The number of hydrogen-bond acceptors (Lipinski definition) is 2. The molecular weight excluding hydrogens is 336 g/mol. The molecule has 5 heteroatoms. The summed E-state index contributed by atoms with van der Waals surface area (Å²) in [6.45, 7) is 8.87. The van der Waals surface area contributed by atoms with Crippen molar-refractivity contribution in [1.29, 1.82) is 0 Å². The van der Waals surface area contributed by atoms with Crippen molar-refractivity contribution in [2.24, 2.45) is 0 Å². The molecule has 2 amide bonds. The van der Waals surface area contributed by atoms with Gasteiger partial charge in [-0.25, -0.2) is 10.2 Å². The summed E-state index contributed by atoms with van der Waals surface area (Å²) in [6.07, 6.45) is 4.55. The highest BCUT2D eigenvalue weighted by Gasteiger charge is 2.38. The van der Waals surface area contributed by atoms with Crippen LogP contribution < -0.4 is 5.43 Å². The Bertz CT molecular complexity index is 852. The minimum atomic E-state index is -0.0164. The molecule has 0 radical (unpaired) electrons. The summed E-state index contributed by atoms with van der Waals surface area (Å²) in [5, 5.41) is 1.39. The van der Waals surface area contributed by atoms with Gasteiger partial charge in [0.25, 0.3) is 0 Å². The number of benzene rings is 1. The van der Waals surface area contributed by atoms with Crippen LogP contribution in [0.25, 0.3) is 10.9 Å². The van der Waals surface area contributed by atoms with Crippen LogP contribution in [0.2, 0.25) is 0 Å². The summed E-state index contributed by atoms with van der Waals surface area (Å²) in [5.74, 6) is 0.610. The number of piperidine rings is 1. The maximum Gasteiger partial charge on any atom is 0.336 e. The standard InChI is InChI=1S/C22H32N4O/c1-5-18-17-14-20-15(11-9-13-24(20)4)16-10-8-12-19(21(16)17)26(18)23-22(27)25(6-2)7-3/h8,10,12,15,20H,5-7,9,11,13-14H2,1-4H3,(H,23,27)/t15-,20-/m1/s1. The second-order valence-electron chi connectivity index (χ2n) is 7.95. The van der Waals surface area contributed by atoms with Gasteiger partial charge in [-0.1, -0.05) is 19.1 Å². The number of urea groups is 1. The molecule has 1 aromatic heterocycles. The Kier molecular flexibility index (Phi) is 4.89. The Morgan fingerprint density at radius 1 is 1.26 bits per heavy atom. The van der Waals surface area contributed by atoms with Gasteiger partial charge >= 0.3 is 6.03 Å². The molecule has 1 N–H and O–H groups in total. The number of nitrogens with zero attached hydrogens (tertiary/aromatic N) is 3. The number of hydrogen-bond donors (Lipinski definition) is 1. The van der Waals surface area contributed by atoms with Crippen LogP contribution in [0.15, 0.2) is 18.2 Å². The minimum Gasteiger partial charge on any atom is -0.324 e. The average Bonchev–Trinajstić information content (AvgIpc) is 2.98. The molecule has 1 saturated heterocycles. The molecule has 4 rings (SSSR count). The van der Waals surface area contributed by atoms with Gasteiger partial charge in [-0.15, -0.1) is 0 Å². The van der Waals surface area contributed by atoms with Gasteiger partial charge in [-0.05, 0) is 70.3 Å². The topological polar surface area (TPSA) is 40.5 Å². The summed E-state index contributed by atoms with van der Waals surface area (Å²) in [7, 11) is 2.27. The average molecular weight is 369 g/mol. The molecule has 1 aromatic carbocycles. The SMILES string of the molecule is CCc1c2c3c(cccc3n1NC(=O)N(CC)CC)[C@H]1CCCN(C)[C@@H]1C2. The van der Waals surface area contributed by atoms with Crippen molar-refractivity contribution in [3.05, 3.63) is 35.0 Å². The van der Waals surface area contributed by atoms with Crippen LogP contribution in [0, 0.1) is 0 Å². The molecular formula is C22H32N4O. The number of rotatable bonds is 4. The first-order valence-corrected chi connectivity index (χ1v) is 10.5. The van der Waals surface area contributed by atoms with E-state index in [-0.39, 0.29) is 6.03 Å². The van der Waals surface area contributed by atoms with E-state index >= 15 is 0 Å². The van der Waals surface area contributed by atoms with Gasteiger partial charge in [0.15, 0.2) is 0 Å². The second kappa shape index (κ2) is 7.19. The van der Waals surface area contributed by atoms with E-state index in [0.717, 1.165) is 31.4 Å². The van der Waals surface area contributed by atoms with Crippen LogP contribution in [0.4, 0.5) is 4.79 Å². The highest BCUT2D eigenvalue weighted by atomic mass is 16.2. The predicted octanol–water partition coefficient (Wildman–Crippen LogP) is 3.94. The number of carbonyl (C=O) groups is 1. The van der Waals surface area contributed by atoms with Gasteiger partial charge in [-0.3, -0.25) is 4.68 Å². The Balaban J connectivity index is 1.84. The maximum absolute atomic E-state index is 12.8. The summed E-state index contributed by atoms with van der Waals surface area (Å²) in [5.41, 5.74) is 8.54. The molecule has 146 valence electrons. The lowest BCUT2D eigenvalue weighted by Crippen LogP contribution is -2.44. The Hall–Kier alpha value is -2.01. The zero-order chi connectivity index (χ0) is 19.1. The zero-order valence-corrected chi connectivity index (χ0v) is 17.1. The van der Waals surface area contributed by atoms with Crippen LogP contribution in [0.5, 0.6) is 0 Å². The van der Waals surface area contributed by atoms with Crippen molar-refractivity contribution in [2.45, 2.75) is 58.4 Å². The maximum atomic E-state index is 12.8. The van der Waals surface area contributed by atoms with E-state index in [9.17, 15) is 4.79 Å². The molecule has 0 spiro atoms. The smallest absolute Gasteiger partial charge is 0.324 e. The van der Waals surface area contributed by atoms with Crippen molar-refractivity contribution >= 4 is 16.9 Å². The zero-order valence-electron chi connectivity index (χ0n) is 17.1. The fourth-order valence-electron chi connectivity index (χ4n) is 5.30. The molecule has 0 saturated carbocycles. The van der Waals surface area contributed by atoms with E-state index in [0.29, 0.717) is 12.0 Å². The molecule has 2 atom stereocenters. The van der Waals surface area contributed by atoms with E-state index in [4.69, 9.17) is 0 Å². The number of amides is 2. The van der Waals surface area contributed by atoms with Crippen LogP contribution >= 0.6 is 0 Å². The molecule has 0 bridgehead atoms. The van der Waals surface area contributed by atoms with Gasteiger partial charge in [0.2, 0.25) is 0 Å². The number of likely N-dealkylation sites (tertiary alicyclic amines) is 1. The number of carbonyl (C=O) groups excluding carboxylic acids is 1. The molecule has 2 heterocycles. The van der Waals surface area contributed by atoms with Crippen molar-refractivity contribution in [1.82, 2.24) is 14.5 Å². The lowest BCUT2D eigenvalue weighted by molar-refractivity contribution is 0.157. The molecule has 27 heavy (non-hydrogen) atoms. The monoisotopic (exact) mass is 368 g/mol. The molecule has 2 aromatic rings. The van der Waals surface area contributed by atoms with Crippen molar-refractivity contribution in [3.8, 4) is 0 Å². The normalized spacial score (nSPS) is 21.9. The molecule has 1 aliphatic carbocycles. The largest absolute Gasteiger partial charge is 0.336 e. The van der Waals surface area contributed by atoms with Gasteiger partial charge in [0.1, 0.15) is 0 Å². The summed E-state index contributed by atoms with van der Waals surface area (Å²) in [4.78, 5) is 17.2. The van der Waals surface area contributed by atoms with E-state index in [2.05, 4.69) is 47.2 Å². The van der Waals surface area contributed by atoms with Crippen LogP contribution in [0.3, 0.4) is 0 Å². The van der Waals surface area contributed by atoms with E-state index in [1.54, 1.807) is 0 Å². The van der Waals surface area contributed by atoms with E-state index < -0.39 is 0 Å². The third-order valence-corrected chi connectivity index (χ3v) is 6.70. The highest BCUT2D eigenvalue weighted by Crippen LogP contribution is 2.44. The van der Waals surface area contributed by atoms with Crippen LogP contribution in [-0.4, -0.2) is 53.2 Å². The third-order valence-electron chi connectivity index (χ3n) is 6.70. The lowest BCUT2D eigenvalue weighted by Gasteiger charge is -2.42. The molecule has 1 fully saturated rings. The minimum absolute atomic E-state index is 0.0164. The second-order valence-corrected chi connectivity index (χ2v) is 7.95. The summed E-state index contributed by atoms with van der Waals surface area (Å²) < 4.78 is 2.08. The Morgan fingerprint density at radius 3 is 2.74 bits per heavy atom. The Labute approximate surface area is 162 Å². The van der Waals surface area contributed by atoms with Gasteiger partial charge in [-0.2, -0.15) is 0 Å². The summed E-state index contributed by atoms with van der Waals surface area (Å²) >= 11 is 0. The van der Waals surface area contributed by atoms with E-state index in [1.807, 2.05) is 18.7 Å². The van der Waals surface area contributed by atoms with E-state index in [1.165, 1.54) is 41.6 Å². The molecule has 1 aliphatic heterocycles. The molecule has 5 nitrogen and oxygen atoms in total. The number of nitrogens with one attached hydrogen (secondary N) is 1. The van der Waals surface area contributed by atoms with Crippen molar-refractivity contribution in [3.63, 3.8) is 0 Å². The molecule has 0 unspecified atom stereocenters. The predicted molar refractivity (Wildman–Crippen MR) is 111 cm³/mol. The van der Waals surface area contributed by atoms with Gasteiger partial charge < -0.3 is 9.80 Å². The quantitative estimate of drug-likeness (QED) is 0.888. The number of aromatic nitrogens is 1. The first kappa shape index (κ1) is 18.4. The summed E-state index contributed by atoms with van der Waals surface area (Å²) in [6, 6.07) is 7.21. The first-order valence-electron chi connectivity index (χ1n) is 10.5. The fraction of sp³-hybridized carbons (Fsp3) is 0.591. The van der Waals surface area contributed by atoms with Crippen molar-refractivity contribution in [2.75, 3.05) is 32.1 Å². The van der Waals surface area contributed by atoms with Crippen LogP contribution in [-0.2, 0) is 12.8 Å². The van der Waals surface area contributed by atoms with Crippen LogP contribution in [0.1, 0.15) is 56.4 Å². The highest BCUT2D eigenvalue weighted by molar-refractivity contribution is 5.93. The van der Waals surface area contributed by atoms with Gasteiger partial charge in [0.05, 0.1) is 5.52 Å². The number of likely N-dealkylation sites (N-methyl/N-ethyl adjacent to an activating group) is 1. The van der Waals surface area contributed by atoms with Crippen molar-refractivity contribution < 1.29 is 4.79 Å². The molecule has 2 aliphatic rings. The van der Waals surface area contributed by atoms with Gasteiger partial charge in [0, 0.05) is 36.1 Å². The lowest BCUT2D eigenvalue weighted by atomic mass is 9.74. The number of fused-ring (bicyclic) bond motifs is 2. The first-order chi connectivity index (χ1) is 13.1. The fourth-order valence-corrected chi connectivity index (χ4v) is 5.30. The Morgan fingerprint density at radius 2 is 2.04 bits per heavy atom.